The van der Waals surface area contributed by atoms with Crippen LogP contribution in [-0.2, 0) is 6.61 Å². The van der Waals surface area contributed by atoms with E-state index >= 15 is 0 Å². The van der Waals surface area contributed by atoms with Gasteiger partial charge in [-0.05, 0) is 48.2 Å². The van der Waals surface area contributed by atoms with Crippen LogP contribution in [0.3, 0.4) is 0 Å². The van der Waals surface area contributed by atoms with Gasteiger partial charge in [0, 0.05) is 23.2 Å². The molecule has 0 saturated heterocycles. The number of nitrogens with one attached hydrogen (secondary N) is 2. The number of aromatic nitrogens is 2. The minimum absolute atomic E-state index is 0.116. The third-order valence-corrected chi connectivity index (χ3v) is 4.80. The van der Waals surface area contributed by atoms with Crippen molar-refractivity contribution < 1.29 is 10.2 Å². The summed E-state index contributed by atoms with van der Waals surface area (Å²) >= 11 is 0. The van der Waals surface area contributed by atoms with E-state index in [1.807, 2.05) is 24.4 Å². The first-order valence-corrected chi connectivity index (χ1v) is 8.42. The number of phenols is 1. The van der Waals surface area contributed by atoms with Gasteiger partial charge in [0.05, 0.1) is 6.61 Å². The van der Waals surface area contributed by atoms with E-state index < -0.39 is 0 Å². The molecule has 4 rings (SSSR count). The fourth-order valence-electron chi connectivity index (χ4n) is 3.51. The molecule has 2 aromatic heterocycles. The maximum Gasteiger partial charge on any atom is 0.140 e. The lowest BCUT2D eigenvalue weighted by atomic mass is 10.0. The summed E-state index contributed by atoms with van der Waals surface area (Å²) in [7, 11) is 0. The Morgan fingerprint density at radius 2 is 2.00 bits per heavy atom. The van der Waals surface area contributed by atoms with Crippen LogP contribution in [0.15, 0.2) is 36.5 Å². The van der Waals surface area contributed by atoms with Gasteiger partial charge >= 0.3 is 0 Å². The van der Waals surface area contributed by atoms with E-state index in [0.29, 0.717) is 11.6 Å². The molecule has 1 aromatic carbocycles. The highest BCUT2D eigenvalue weighted by molar-refractivity contribution is 5.95. The minimum atomic E-state index is -0.186. The SMILES string of the molecule is OCc1cc(-c2cc(NC3CCCC3)nc3[nH]ccc23)ccc1O. The fraction of sp³-hybridized carbons (Fsp3) is 0.316. The second-order valence-electron chi connectivity index (χ2n) is 6.42. The Labute approximate surface area is 140 Å². The Balaban J connectivity index is 1.79. The maximum atomic E-state index is 9.81. The van der Waals surface area contributed by atoms with Crippen molar-refractivity contribution in [3.8, 4) is 16.9 Å². The number of aromatic amines is 1. The van der Waals surface area contributed by atoms with Crippen LogP contribution in [0.1, 0.15) is 31.2 Å². The number of rotatable bonds is 4. The molecule has 0 unspecified atom stereocenters. The van der Waals surface area contributed by atoms with Crippen molar-refractivity contribution in [2.75, 3.05) is 5.32 Å². The van der Waals surface area contributed by atoms with Crippen LogP contribution in [-0.4, -0.2) is 26.2 Å². The number of aliphatic hydroxyl groups is 1. The van der Waals surface area contributed by atoms with Crippen LogP contribution < -0.4 is 5.32 Å². The van der Waals surface area contributed by atoms with Gasteiger partial charge in [0.1, 0.15) is 17.2 Å². The molecular formula is C19H21N3O2. The van der Waals surface area contributed by atoms with Crippen molar-refractivity contribution in [3.05, 3.63) is 42.1 Å². The Morgan fingerprint density at radius 3 is 2.79 bits per heavy atom. The zero-order valence-corrected chi connectivity index (χ0v) is 13.4. The molecule has 0 bridgehead atoms. The van der Waals surface area contributed by atoms with Crippen LogP contribution in [0.5, 0.6) is 5.75 Å². The summed E-state index contributed by atoms with van der Waals surface area (Å²) in [5.74, 6) is 0.982. The minimum Gasteiger partial charge on any atom is -0.508 e. The van der Waals surface area contributed by atoms with Crippen molar-refractivity contribution in [2.45, 2.75) is 38.3 Å². The Kier molecular flexibility index (Phi) is 3.86. The second-order valence-corrected chi connectivity index (χ2v) is 6.42. The predicted molar refractivity (Wildman–Crippen MR) is 95.0 cm³/mol. The normalized spacial score (nSPS) is 15.2. The molecule has 3 aromatic rings. The van der Waals surface area contributed by atoms with E-state index in [1.165, 1.54) is 25.7 Å². The monoisotopic (exact) mass is 323 g/mol. The molecule has 24 heavy (non-hydrogen) atoms. The molecule has 0 aliphatic heterocycles. The van der Waals surface area contributed by atoms with Crippen LogP contribution in [0.25, 0.3) is 22.2 Å². The lowest BCUT2D eigenvalue weighted by molar-refractivity contribution is 0.275. The summed E-state index contributed by atoms with van der Waals surface area (Å²) < 4.78 is 0. The highest BCUT2D eigenvalue weighted by Gasteiger charge is 2.17. The summed E-state index contributed by atoms with van der Waals surface area (Å²) in [6.07, 6.45) is 6.80. The van der Waals surface area contributed by atoms with E-state index in [1.54, 1.807) is 6.07 Å². The lowest BCUT2D eigenvalue weighted by Gasteiger charge is -2.15. The molecule has 0 amide bonds. The number of anilines is 1. The standard InChI is InChI=1S/C19H21N3O2/c23-11-13-9-12(5-6-17(13)24)16-10-18(21-14-3-1-2-4-14)22-19-15(16)7-8-20-19/h5-10,14,23-24H,1-4,11H2,(H2,20,21,22). The lowest BCUT2D eigenvalue weighted by Crippen LogP contribution is -2.15. The van der Waals surface area contributed by atoms with Gasteiger partial charge in [-0.15, -0.1) is 0 Å². The summed E-state index contributed by atoms with van der Waals surface area (Å²) in [5.41, 5.74) is 3.36. The number of H-pyrrole nitrogens is 1. The second kappa shape index (κ2) is 6.17. The van der Waals surface area contributed by atoms with Crippen molar-refractivity contribution in [3.63, 3.8) is 0 Å². The molecule has 1 aliphatic carbocycles. The predicted octanol–water partition coefficient (Wildman–Crippen LogP) is 3.78. The van der Waals surface area contributed by atoms with Gasteiger partial charge in [-0.25, -0.2) is 4.98 Å². The number of aromatic hydroxyl groups is 1. The van der Waals surface area contributed by atoms with Crippen LogP contribution in [0.4, 0.5) is 5.82 Å². The Hall–Kier alpha value is -2.53. The first kappa shape index (κ1) is 15.0. The Morgan fingerprint density at radius 1 is 1.17 bits per heavy atom. The van der Waals surface area contributed by atoms with Gasteiger partial charge in [-0.2, -0.15) is 0 Å². The third-order valence-electron chi connectivity index (χ3n) is 4.80. The molecule has 5 heteroatoms. The summed E-state index contributed by atoms with van der Waals surface area (Å²) in [6, 6.07) is 9.88. The maximum absolute atomic E-state index is 9.81. The number of pyridine rings is 1. The van der Waals surface area contributed by atoms with Gasteiger partial charge in [-0.3, -0.25) is 0 Å². The highest BCUT2D eigenvalue weighted by Crippen LogP contribution is 2.33. The number of benzene rings is 1. The molecule has 124 valence electrons. The molecule has 2 heterocycles. The Bertz CT molecular complexity index is 866. The largest absolute Gasteiger partial charge is 0.508 e. The van der Waals surface area contributed by atoms with Crippen molar-refractivity contribution >= 4 is 16.9 Å². The average Bonchev–Trinajstić information content (AvgIpc) is 3.26. The zero-order chi connectivity index (χ0) is 16.5. The third kappa shape index (κ3) is 2.71. The van der Waals surface area contributed by atoms with Crippen LogP contribution >= 0.6 is 0 Å². The van der Waals surface area contributed by atoms with E-state index in [2.05, 4.69) is 21.4 Å². The van der Waals surface area contributed by atoms with Gasteiger partial charge in [0.15, 0.2) is 0 Å². The zero-order valence-electron chi connectivity index (χ0n) is 13.4. The molecule has 0 radical (unpaired) electrons. The number of hydrogen-bond donors (Lipinski definition) is 4. The van der Waals surface area contributed by atoms with Crippen molar-refractivity contribution in [2.24, 2.45) is 0 Å². The van der Waals surface area contributed by atoms with E-state index in [0.717, 1.165) is 28.0 Å². The smallest absolute Gasteiger partial charge is 0.140 e. The topological polar surface area (TPSA) is 81.2 Å². The fourth-order valence-corrected chi connectivity index (χ4v) is 3.51. The number of hydrogen-bond acceptors (Lipinski definition) is 4. The van der Waals surface area contributed by atoms with Gasteiger partial charge in [0.2, 0.25) is 0 Å². The number of aliphatic hydroxyl groups excluding tert-OH is 1. The molecule has 0 spiro atoms. The van der Waals surface area contributed by atoms with Gasteiger partial charge in [-0.1, -0.05) is 18.9 Å². The summed E-state index contributed by atoms with van der Waals surface area (Å²) in [5, 5.41) is 23.8. The molecule has 1 saturated carbocycles. The molecule has 0 atom stereocenters. The summed E-state index contributed by atoms with van der Waals surface area (Å²) in [6.45, 7) is -0.186. The van der Waals surface area contributed by atoms with Crippen molar-refractivity contribution in [1.29, 1.82) is 0 Å². The van der Waals surface area contributed by atoms with E-state index in [4.69, 9.17) is 0 Å². The van der Waals surface area contributed by atoms with Gasteiger partial charge in [0.25, 0.3) is 0 Å². The van der Waals surface area contributed by atoms with Crippen LogP contribution in [0, 0.1) is 0 Å². The quantitative estimate of drug-likeness (QED) is 0.589. The number of nitrogens with zero attached hydrogens (tertiary/aromatic N) is 1. The molecular weight excluding hydrogens is 302 g/mol. The summed E-state index contributed by atoms with van der Waals surface area (Å²) in [4.78, 5) is 7.86. The van der Waals surface area contributed by atoms with Gasteiger partial charge < -0.3 is 20.5 Å². The first-order chi connectivity index (χ1) is 11.7. The molecule has 1 aliphatic rings. The average molecular weight is 323 g/mol. The van der Waals surface area contributed by atoms with E-state index in [-0.39, 0.29) is 12.4 Å². The molecule has 5 nitrogen and oxygen atoms in total. The van der Waals surface area contributed by atoms with Crippen LogP contribution in [0.2, 0.25) is 0 Å². The number of fused-ring (bicyclic) bond motifs is 1. The highest BCUT2D eigenvalue weighted by atomic mass is 16.3. The first-order valence-electron chi connectivity index (χ1n) is 8.42. The van der Waals surface area contributed by atoms with Crippen molar-refractivity contribution in [1.82, 2.24) is 9.97 Å². The molecule has 4 N–H and O–H groups in total. The van der Waals surface area contributed by atoms with E-state index in [9.17, 15) is 10.2 Å². The molecule has 1 fully saturated rings.